The van der Waals surface area contributed by atoms with Crippen LogP contribution in [-0.4, -0.2) is 33.0 Å². The standard InChI is InChI=1S/C27H23ClN4O2S/c1-17-7-9-19(10-8-17)23-15-22(18-5-3-2-4-6-18)31-32(23)27-30-26(34)24(35-27)16-25(33)29-21-13-11-20(28)12-14-21/h2-14,23-24H,15-16H2,1H3,(H,29,33)/t23-,24+/m1/s1. The maximum atomic E-state index is 12.7. The van der Waals surface area contributed by atoms with Gasteiger partial charge in [0.05, 0.1) is 11.8 Å². The van der Waals surface area contributed by atoms with E-state index >= 15 is 0 Å². The number of hydrogen-bond acceptors (Lipinski definition) is 5. The Morgan fingerprint density at radius 2 is 1.77 bits per heavy atom. The second-order valence-electron chi connectivity index (χ2n) is 8.49. The lowest BCUT2D eigenvalue weighted by atomic mass is 9.98. The number of carbonyl (C=O) groups is 2. The minimum atomic E-state index is -0.591. The number of nitrogens with zero attached hydrogens (tertiary/aromatic N) is 3. The quantitative estimate of drug-likeness (QED) is 0.476. The number of aryl methyl sites for hydroxylation is 1. The van der Waals surface area contributed by atoms with Crippen molar-refractivity contribution < 1.29 is 9.59 Å². The normalized spacial score (nSPS) is 19.5. The molecule has 3 aromatic carbocycles. The molecule has 0 radical (unpaired) electrons. The van der Waals surface area contributed by atoms with E-state index in [-0.39, 0.29) is 24.3 Å². The highest BCUT2D eigenvalue weighted by Crippen LogP contribution is 2.38. The van der Waals surface area contributed by atoms with Crippen LogP contribution in [0.4, 0.5) is 5.69 Å². The summed E-state index contributed by atoms with van der Waals surface area (Å²) in [4.78, 5) is 29.6. The molecule has 0 unspecified atom stereocenters. The molecular formula is C27H23ClN4O2S. The third kappa shape index (κ3) is 5.31. The number of carbonyl (C=O) groups excluding carboxylic acids is 2. The summed E-state index contributed by atoms with van der Waals surface area (Å²) >= 11 is 7.20. The van der Waals surface area contributed by atoms with Gasteiger partial charge in [-0.25, -0.2) is 5.01 Å². The summed E-state index contributed by atoms with van der Waals surface area (Å²) in [6, 6.07) is 25.1. The van der Waals surface area contributed by atoms with Gasteiger partial charge in [-0.2, -0.15) is 10.1 Å². The van der Waals surface area contributed by atoms with Gasteiger partial charge in [-0.05, 0) is 42.3 Å². The van der Waals surface area contributed by atoms with Crippen LogP contribution in [-0.2, 0) is 9.59 Å². The lowest BCUT2D eigenvalue weighted by molar-refractivity contribution is -0.121. The van der Waals surface area contributed by atoms with Crippen molar-refractivity contribution in [1.29, 1.82) is 0 Å². The summed E-state index contributed by atoms with van der Waals surface area (Å²) in [6.45, 7) is 2.05. The molecule has 2 heterocycles. The van der Waals surface area contributed by atoms with E-state index in [2.05, 4.69) is 41.5 Å². The van der Waals surface area contributed by atoms with Crippen molar-refractivity contribution >= 4 is 51.7 Å². The van der Waals surface area contributed by atoms with Gasteiger partial charge < -0.3 is 5.32 Å². The van der Waals surface area contributed by atoms with Gasteiger partial charge in [0.25, 0.3) is 5.91 Å². The van der Waals surface area contributed by atoms with Gasteiger partial charge in [0.15, 0.2) is 5.17 Å². The number of rotatable bonds is 5. The smallest absolute Gasteiger partial charge is 0.262 e. The number of aliphatic imine (C=N–C) groups is 1. The van der Waals surface area contributed by atoms with Crippen molar-refractivity contribution in [2.45, 2.75) is 31.1 Å². The Bertz CT molecular complexity index is 1310. The van der Waals surface area contributed by atoms with Crippen molar-refractivity contribution in [3.63, 3.8) is 0 Å². The highest BCUT2D eigenvalue weighted by molar-refractivity contribution is 8.15. The average molecular weight is 503 g/mol. The van der Waals surface area contributed by atoms with Crippen LogP contribution in [0.5, 0.6) is 0 Å². The summed E-state index contributed by atoms with van der Waals surface area (Å²) in [5, 5.41) is 10.1. The van der Waals surface area contributed by atoms with Crippen molar-refractivity contribution in [3.05, 3.63) is 101 Å². The molecule has 3 aromatic rings. The molecule has 176 valence electrons. The van der Waals surface area contributed by atoms with Gasteiger partial charge >= 0.3 is 0 Å². The van der Waals surface area contributed by atoms with Gasteiger partial charge in [0.1, 0.15) is 5.25 Å². The number of amidine groups is 1. The Labute approximate surface area is 213 Å². The van der Waals surface area contributed by atoms with E-state index in [1.165, 1.54) is 17.3 Å². The second kappa shape index (κ2) is 10.1. The van der Waals surface area contributed by atoms with Crippen LogP contribution in [0.25, 0.3) is 0 Å². The molecule has 1 N–H and O–H groups in total. The minimum absolute atomic E-state index is 0.0252. The van der Waals surface area contributed by atoms with Crippen LogP contribution in [0.15, 0.2) is 89.0 Å². The van der Waals surface area contributed by atoms with E-state index in [1.807, 2.05) is 35.3 Å². The number of benzene rings is 3. The maximum Gasteiger partial charge on any atom is 0.262 e. The van der Waals surface area contributed by atoms with Crippen molar-refractivity contribution in [2.75, 3.05) is 5.32 Å². The number of hydrogen-bond donors (Lipinski definition) is 1. The molecule has 35 heavy (non-hydrogen) atoms. The lowest BCUT2D eigenvalue weighted by Crippen LogP contribution is -2.25. The Balaban J connectivity index is 1.34. The molecule has 0 aliphatic carbocycles. The van der Waals surface area contributed by atoms with Gasteiger partial charge in [0.2, 0.25) is 5.91 Å². The molecule has 2 aliphatic rings. The fourth-order valence-corrected chi connectivity index (χ4v) is 5.25. The Morgan fingerprint density at radius 1 is 1.06 bits per heavy atom. The fourth-order valence-electron chi connectivity index (χ4n) is 4.06. The third-order valence-corrected chi connectivity index (χ3v) is 7.30. The fraction of sp³-hybridized carbons (Fsp3) is 0.185. The summed E-state index contributed by atoms with van der Waals surface area (Å²) in [7, 11) is 0. The Morgan fingerprint density at radius 3 is 2.49 bits per heavy atom. The number of amides is 2. The van der Waals surface area contributed by atoms with E-state index in [9.17, 15) is 9.59 Å². The molecule has 0 bridgehead atoms. The zero-order valence-electron chi connectivity index (χ0n) is 19.0. The van der Waals surface area contributed by atoms with E-state index in [0.29, 0.717) is 22.3 Å². The molecule has 2 aliphatic heterocycles. The summed E-state index contributed by atoms with van der Waals surface area (Å²) in [5.41, 5.74) is 4.89. The highest BCUT2D eigenvalue weighted by atomic mass is 35.5. The molecule has 0 aromatic heterocycles. The van der Waals surface area contributed by atoms with Gasteiger partial charge in [-0.1, -0.05) is 83.5 Å². The third-order valence-electron chi connectivity index (χ3n) is 5.90. The maximum absolute atomic E-state index is 12.7. The summed E-state index contributed by atoms with van der Waals surface area (Å²) in [5.74, 6) is -0.568. The van der Waals surface area contributed by atoms with Crippen molar-refractivity contribution in [2.24, 2.45) is 10.1 Å². The van der Waals surface area contributed by atoms with E-state index in [4.69, 9.17) is 16.7 Å². The second-order valence-corrected chi connectivity index (χ2v) is 10.1. The molecule has 0 saturated carbocycles. The minimum Gasteiger partial charge on any atom is -0.326 e. The predicted octanol–water partition coefficient (Wildman–Crippen LogP) is 5.83. The van der Waals surface area contributed by atoms with Crippen molar-refractivity contribution in [3.8, 4) is 0 Å². The van der Waals surface area contributed by atoms with Gasteiger partial charge in [-0.15, -0.1) is 0 Å². The number of thioether (sulfide) groups is 1. The zero-order chi connectivity index (χ0) is 24.4. The first-order chi connectivity index (χ1) is 17.0. The van der Waals surface area contributed by atoms with Gasteiger partial charge in [-0.3, -0.25) is 9.59 Å². The summed E-state index contributed by atoms with van der Waals surface area (Å²) in [6.07, 6.45) is 0.722. The largest absolute Gasteiger partial charge is 0.326 e. The van der Waals surface area contributed by atoms with Crippen LogP contribution in [0.3, 0.4) is 0 Å². The molecule has 6 nitrogen and oxygen atoms in total. The Hall–Kier alpha value is -3.42. The molecule has 2 atom stereocenters. The molecule has 0 saturated heterocycles. The van der Waals surface area contributed by atoms with Gasteiger partial charge in [0, 0.05) is 23.6 Å². The topological polar surface area (TPSA) is 74.1 Å². The molecule has 2 amide bonds. The first kappa shape index (κ1) is 23.3. The van der Waals surface area contributed by atoms with Crippen molar-refractivity contribution in [1.82, 2.24) is 5.01 Å². The molecule has 0 fully saturated rings. The lowest BCUT2D eigenvalue weighted by Gasteiger charge is -2.23. The molecule has 0 spiro atoms. The van der Waals surface area contributed by atoms with Crippen LogP contribution >= 0.6 is 23.4 Å². The van der Waals surface area contributed by atoms with Crippen LogP contribution in [0, 0.1) is 6.92 Å². The average Bonchev–Trinajstić information content (AvgIpc) is 3.46. The molecule has 5 rings (SSSR count). The Kier molecular flexibility index (Phi) is 6.70. The molecular weight excluding hydrogens is 480 g/mol. The zero-order valence-corrected chi connectivity index (χ0v) is 20.6. The predicted molar refractivity (Wildman–Crippen MR) is 142 cm³/mol. The van der Waals surface area contributed by atoms with Crippen LogP contribution in [0.2, 0.25) is 5.02 Å². The van der Waals surface area contributed by atoms with E-state index < -0.39 is 5.25 Å². The number of hydrazone groups is 1. The monoisotopic (exact) mass is 502 g/mol. The highest BCUT2D eigenvalue weighted by Gasteiger charge is 2.39. The van der Waals surface area contributed by atoms with Crippen LogP contribution < -0.4 is 5.32 Å². The SMILES string of the molecule is Cc1ccc([C@H]2CC(c3ccccc3)=NN2C2=NC(=O)[C@H](CC(=O)Nc3ccc(Cl)cc3)S2)cc1. The number of anilines is 1. The number of halogens is 1. The molecule has 8 heteroatoms. The van der Waals surface area contributed by atoms with E-state index in [1.54, 1.807) is 24.3 Å². The van der Waals surface area contributed by atoms with Crippen LogP contribution in [0.1, 0.15) is 35.6 Å². The van der Waals surface area contributed by atoms with E-state index in [0.717, 1.165) is 16.8 Å². The first-order valence-corrected chi connectivity index (χ1v) is 12.6. The first-order valence-electron chi connectivity index (χ1n) is 11.3. The number of nitrogens with one attached hydrogen (secondary N) is 1. The summed E-state index contributed by atoms with van der Waals surface area (Å²) < 4.78 is 0.